The Morgan fingerprint density at radius 2 is 1.86 bits per heavy atom. The third kappa shape index (κ3) is 3.82. The van der Waals surface area contributed by atoms with Gasteiger partial charge in [0.2, 0.25) is 5.75 Å². The summed E-state index contributed by atoms with van der Waals surface area (Å²) in [6, 6.07) is 13.4. The molecule has 0 saturated carbocycles. The molecule has 114 valence electrons. The number of carbonyl (C=O) groups is 1. The van der Waals surface area contributed by atoms with Crippen molar-refractivity contribution in [1.82, 2.24) is 0 Å². The summed E-state index contributed by atoms with van der Waals surface area (Å²) in [5.41, 5.74) is 0.0382. The SMILES string of the molecule is CCOC(=O)Cc1cccc(Oc2ccccc2)c1[N+](=O)[O-]. The van der Waals surface area contributed by atoms with Gasteiger partial charge in [0.25, 0.3) is 0 Å². The number of para-hydroxylation sites is 2. The molecule has 0 heterocycles. The molecule has 0 amide bonds. The highest BCUT2D eigenvalue weighted by atomic mass is 16.6. The Morgan fingerprint density at radius 3 is 2.50 bits per heavy atom. The Labute approximate surface area is 127 Å². The van der Waals surface area contributed by atoms with Gasteiger partial charge >= 0.3 is 11.7 Å². The standard InChI is InChI=1S/C16H15NO5/c1-2-21-15(18)11-12-7-6-10-14(16(12)17(19)20)22-13-8-4-3-5-9-13/h3-10H,2,11H2,1H3. The first-order valence-electron chi connectivity index (χ1n) is 6.76. The van der Waals surface area contributed by atoms with Crippen molar-refractivity contribution in [2.24, 2.45) is 0 Å². The van der Waals surface area contributed by atoms with Crippen LogP contribution in [0.4, 0.5) is 5.69 Å². The van der Waals surface area contributed by atoms with Crippen molar-refractivity contribution in [2.75, 3.05) is 6.61 Å². The average Bonchev–Trinajstić information content (AvgIpc) is 2.48. The van der Waals surface area contributed by atoms with Gasteiger partial charge in [0.05, 0.1) is 18.0 Å². The van der Waals surface area contributed by atoms with E-state index in [1.54, 1.807) is 37.3 Å². The van der Waals surface area contributed by atoms with E-state index in [1.165, 1.54) is 12.1 Å². The number of esters is 1. The van der Waals surface area contributed by atoms with E-state index in [0.717, 1.165) is 0 Å². The van der Waals surface area contributed by atoms with Crippen molar-refractivity contribution in [3.05, 3.63) is 64.2 Å². The number of hydrogen-bond acceptors (Lipinski definition) is 5. The van der Waals surface area contributed by atoms with Crippen LogP contribution in [0.1, 0.15) is 12.5 Å². The van der Waals surface area contributed by atoms with Gasteiger partial charge in [-0.3, -0.25) is 14.9 Å². The Kier molecular flexibility index (Phi) is 5.08. The summed E-state index contributed by atoms with van der Waals surface area (Å²) in [7, 11) is 0. The van der Waals surface area contributed by atoms with E-state index in [-0.39, 0.29) is 30.0 Å². The quantitative estimate of drug-likeness (QED) is 0.463. The first-order valence-corrected chi connectivity index (χ1v) is 6.76. The van der Waals surface area contributed by atoms with E-state index in [2.05, 4.69) is 0 Å². The fourth-order valence-electron chi connectivity index (χ4n) is 1.98. The fourth-order valence-corrected chi connectivity index (χ4v) is 1.98. The number of carbonyl (C=O) groups excluding carboxylic acids is 1. The molecule has 2 rings (SSSR count). The molecule has 0 aliphatic carbocycles. The van der Waals surface area contributed by atoms with E-state index in [9.17, 15) is 14.9 Å². The van der Waals surface area contributed by atoms with Crippen molar-refractivity contribution in [2.45, 2.75) is 13.3 Å². The third-order valence-corrected chi connectivity index (χ3v) is 2.88. The topological polar surface area (TPSA) is 78.7 Å². The Hall–Kier alpha value is -2.89. The fraction of sp³-hybridized carbons (Fsp3) is 0.188. The van der Waals surface area contributed by atoms with Gasteiger partial charge in [-0.2, -0.15) is 0 Å². The highest BCUT2D eigenvalue weighted by molar-refractivity contribution is 5.75. The lowest BCUT2D eigenvalue weighted by molar-refractivity contribution is -0.386. The lowest BCUT2D eigenvalue weighted by atomic mass is 10.1. The predicted molar refractivity (Wildman–Crippen MR) is 79.9 cm³/mol. The zero-order valence-electron chi connectivity index (χ0n) is 12.0. The number of benzene rings is 2. The minimum Gasteiger partial charge on any atom is -0.466 e. The van der Waals surface area contributed by atoms with E-state index in [4.69, 9.17) is 9.47 Å². The molecule has 6 heteroatoms. The first kappa shape index (κ1) is 15.5. The molecule has 0 bridgehead atoms. The van der Waals surface area contributed by atoms with Crippen molar-refractivity contribution in [1.29, 1.82) is 0 Å². The molecule has 0 saturated heterocycles. The average molecular weight is 301 g/mol. The zero-order chi connectivity index (χ0) is 15.9. The van der Waals surface area contributed by atoms with E-state index in [0.29, 0.717) is 5.75 Å². The van der Waals surface area contributed by atoms with E-state index >= 15 is 0 Å². The van der Waals surface area contributed by atoms with E-state index in [1.807, 2.05) is 6.07 Å². The molecule has 0 aromatic heterocycles. The monoisotopic (exact) mass is 301 g/mol. The second-order valence-electron chi connectivity index (χ2n) is 4.42. The normalized spacial score (nSPS) is 10.0. The molecule has 0 atom stereocenters. The van der Waals surface area contributed by atoms with Gasteiger partial charge in [0.1, 0.15) is 5.75 Å². The van der Waals surface area contributed by atoms with Gasteiger partial charge in [-0.1, -0.05) is 30.3 Å². The van der Waals surface area contributed by atoms with Crippen LogP contribution >= 0.6 is 0 Å². The van der Waals surface area contributed by atoms with Crippen LogP contribution in [0.5, 0.6) is 11.5 Å². The highest BCUT2D eigenvalue weighted by Crippen LogP contribution is 2.34. The van der Waals surface area contributed by atoms with Crippen LogP contribution in [0.15, 0.2) is 48.5 Å². The number of rotatable bonds is 6. The largest absolute Gasteiger partial charge is 0.466 e. The Morgan fingerprint density at radius 1 is 1.14 bits per heavy atom. The Balaban J connectivity index is 2.34. The number of nitro benzene ring substituents is 1. The number of ether oxygens (including phenoxy) is 2. The van der Waals surface area contributed by atoms with Crippen molar-refractivity contribution >= 4 is 11.7 Å². The lowest BCUT2D eigenvalue weighted by Gasteiger charge is -2.09. The summed E-state index contributed by atoms with van der Waals surface area (Å²) in [5.74, 6) is 0.0688. The second kappa shape index (κ2) is 7.21. The second-order valence-corrected chi connectivity index (χ2v) is 4.42. The van der Waals surface area contributed by atoms with Crippen LogP contribution in [0, 0.1) is 10.1 Å². The van der Waals surface area contributed by atoms with Gasteiger partial charge in [-0.15, -0.1) is 0 Å². The molecular formula is C16H15NO5. The molecular weight excluding hydrogens is 286 g/mol. The molecule has 0 radical (unpaired) electrons. The van der Waals surface area contributed by atoms with Crippen molar-refractivity contribution in [3.63, 3.8) is 0 Å². The summed E-state index contributed by atoms with van der Waals surface area (Å²) in [6.07, 6.45) is -0.170. The van der Waals surface area contributed by atoms with Crippen molar-refractivity contribution < 1.29 is 19.2 Å². The number of hydrogen-bond donors (Lipinski definition) is 0. The summed E-state index contributed by atoms with van der Waals surface area (Å²) in [4.78, 5) is 22.4. The van der Waals surface area contributed by atoms with Gasteiger partial charge in [-0.05, 0) is 25.1 Å². The van der Waals surface area contributed by atoms with Gasteiger partial charge in [0.15, 0.2) is 0 Å². The van der Waals surface area contributed by atoms with Crippen LogP contribution in [0.2, 0.25) is 0 Å². The van der Waals surface area contributed by atoms with Crippen LogP contribution in [0.3, 0.4) is 0 Å². The molecule has 6 nitrogen and oxygen atoms in total. The number of nitrogens with zero attached hydrogens (tertiary/aromatic N) is 1. The molecule has 0 fully saturated rings. The summed E-state index contributed by atoms with van der Waals surface area (Å²) in [6.45, 7) is 1.91. The van der Waals surface area contributed by atoms with Crippen molar-refractivity contribution in [3.8, 4) is 11.5 Å². The summed E-state index contributed by atoms with van der Waals surface area (Å²) in [5, 5.41) is 11.3. The maximum Gasteiger partial charge on any atom is 0.315 e. The summed E-state index contributed by atoms with van der Waals surface area (Å²) >= 11 is 0. The van der Waals surface area contributed by atoms with Crippen LogP contribution in [0.25, 0.3) is 0 Å². The third-order valence-electron chi connectivity index (χ3n) is 2.88. The molecule has 0 spiro atoms. The summed E-state index contributed by atoms with van der Waals surface area (Å²) < 4.78 is 10.4. The van der Waals surface area contributed by atoms with Crippen LogP contribution < -0.4 is 4.74 Å². The molecule has 0 unspecified atom stereocenters. The lowest BCUT2D eigenvalue weighted by Crippen LogP contribution is -2.09. The minimum atomic E-state index is -0.549. The Bertz CT molecular complexity index is 669. The molecule has 22 heavy (non-hydrogen) atoms. The van der Waals surface area contributed by atoms with Crippen LogP contribution in [-0.2, 0) is 16.0 Å². The highest BCUT2D eigenvalue weighted by Gasteiger charge is 2.23. The van der Waals surface area contributed by atoms with Gasteiger partial charge in [0, 0.05) is 5.56 Å². The first-order chi connectivity index (χ1) is 10.6. The van der Waals surface area contributed by atoms with Crippen LogP contribution in [-0.4, -0.2) is 17.5 Å². The molecule has 2 aromatic rings. The molecule has 0 N–H and O–H groups in total. The number of nitro groups is 1. The molecule has 2 aromatic carbocycles. The maximum absolute atomic E-state index is 11.6. The maximum atomic E-state index is 11.6. The van der Waals surface area contributed by atoms with Gasteiger partial charge in [-0.25, -0.2) is 0 Å². The zero-order valence-corrected chi connectivity index (χ0v) is 12.0. The predicted octanol–water partition coefficient (Wildman–Crippen LogP) is 3.49. The van der Waals surface area contributed by atoms with E-state index < -0.39 is 10.9 Å². The minimum absolute atomic E-state index is 0.0954. The smallest absolute Gasteiger partial charge is 0.315 e. The molecule has 0 aliphatic rings. The van der Waals surface area contributed by atoms with Gasteiger partial charge < -0.3 is 9.47 Å². The molecule has 0 aliphatic heterocycles.